The van der Waals surface area contributed by atoms with Crippen molar-refractivity contribution in [2.24, 2.45) is 5.73 Å². The van der Waals surface area contributed by atoms with E-state index in [1.807, 2.05) is 42.5 Å². The zero-order valence-corrected chi connectivity index (χ0v) is 13.0. The topological polar surface area (TPSA) is 39.2 Å². The molecule has 0 saturated carbocycles. The van der Waals surface area contributed by atoms with Crippen LogP contribution in [0.2, 0.25) is 0 Å². The summed E-state index contributed by atoms with van der Waals surface area (Å²) in [5.74, 6) is 0.822. The van der Waals surface area contributed by atoms with Gasteiger partial charge in [0.05, 0.1) is 16.8 Å². The predicted molar refractivity (Wildman–Crippen MR) is 88.1 cm³/mol. The highest BCUT2D eigenvalue weighted by Crippen LogP contribution is 2.37. The molecule has 0 aliphatic heterocycles. The molecule has 1 unspecified atom stereocenters. The van der Waals surface area contributed by atoms with Crippen LogP contribution in [0.1, 0.15) is 28.8 Å². The van der Waals surface area contributed by atoms with Gasteiger partial charge in [-0.3, -0.25) is 0 Å². The van der Waals surface area contributed by atoms with Gasteiger partial charge in [0.25, 0.3) is 0 Å². The van der Waals surface area contributed by atoms with Gasteiger partial charge in [-0.1, -0.05) is 60.7 Å². The Kier molecular flexibility index (Phi) is 4.23. The molecular weight excluding hydrogens is 326 g/mol. The number of halogens is 1. The molecule has 3 heteroatoms. The minimum atomic E-state index is -0.251. The Morgan fingerprint density at radius 1 is 0.810 bits per heavy atom. The number of benzene rings is 2. The predicted octanol–water partition coefficient (Wildman–Crippen LogP) is 4.87. The second-order valence-electron chi connectivity index (χ2n) is 4.96. The van der Waals surface area contributed by atoms with Gasteiger partial charge in [-0.15, -0.1) is 0 Å². The van der Waals surface area contributed by atoms with Crippen molar-refractivity contribution < 1.29 is 4.42 Å². The molecule has 0 bridgehead atoms. The van der Waals surface area contributed by atoms with E-state index in [0.29, 0.717) is 0 Å². The number of furan rings is 1. The molecule has 0 aliphatic rings. The molecule has 0 spiro atoms. The van der Waals surface area contributed by atoms with Crippen molar-refractivity contribution in [3.05, 3.63) is 94.4 Å². The Bertz CT molecular complexity index is 654. The highest BCUT2D eigenvalue weighted by molar-refractivity contribution is 9.10. The van der Waals surface area contributed by atoms with Crippen LogP contribution in [-0.2, 0) is 0 Å². The van der Waals surface area contributed by atoms with Gasteiger partial charge in [-0.25, -0.2) is 0 Å². The summed E-state index contributed by atoms with van der Waals surface area (Å²) in [6.07, 6.45) is 1.66. The summed E-state index contributed by atoms with van der Waals surface area (Å²) >= 11 is 3.51. The van der Waals surface area contributed by atoms with E-state index in [1.54, 1.807) is 6.26 Å². The molecule has 2 aromatic carbocycles. The van der Waals surface area contributed by atoms with Crippen LogP contribution >= 0.6 is 15.9 Å². The van der Waals surface area contributed by atoms with Crippen molar-refractivity contribution in [2.75, 3.05) is 0 Å². The lowest BCUT2D eigenvalue weighted by atomic mass is 9.84. The minimum Gasteiger partial charge on any atom is -0.466 e. The molecule has 21 heavy (non-hydrogen) atoms. The summed E-state index contributed by atoms with van der Waals surface area (Å²) in [5.41, 5.74) is 8.89. The summed E-state index contributed by atoms with van der Waals surface area (Å²) in [7, 11) is 0. The summed E-state index contributed by atoms with van der Waals surface area (Å²) in [4.78, 5) is 0. The first-order valence-electron chi connectivity index (χ1n) is 6.85. The largest absolute Gasteiger partial charge is 0.466 e. The zero-order valence-electron chi connectivity index (χ0n) is 11.4. The summed E-state index contributed by atoms with van der Waals surface area (Å²) in [5, 5.41) is 0. The standard InChI is InChI=1S/C18H16BrNO/c19-15-11-12-21-18(15)17(20)16(13-7-3-1-4-8-13)14-9-5-2-6-10-14/h1-12,16-17H,20H2. The Morgan fingerprint density at radius 3 is 1.76 bits per heavy atom. The molecule has 0 saturated heterocycles. The zero-order chi connectivity index (χ0) is 14.7. The number of rotatable bonds is 4. The molecule has 1 aromatic heterocycles. The van der Waals surface area contributed by atoms with Gasteiger partial charge in [-0.05, 0) is 33.1 Å². The van der Waals surface area contributed by atoms with Crippen molar-refractivity contribution in [1.29, 1.82) is 0 Å². The highest BCUT2D eigenvalue weighted by atomic mass is 79.9. The molecule has 2 nitrogen and oxygen atoms in total. The third kappa shape index (κ3) is 2.94. The average molecular weight is 342 g/mol. The minimum absolute atomic E-state index is 0.0508. The molecule has 0 fully saturated rings. The van der Waals surface area contributed by atoms with Crippen LogP contribution in [0, 0.1) is 0 Å². The van der Waals surface area contributed by atoms with E-state index in [9.17, 15) is 0 Å². The average Bonchev–Trinajstić information content (AvgIpc) is 2.96. The van der Waals surface area contributed by atoms with E-state index < -0.39 is 0 Å². The Balaban J connectivity index is 2.07. The molecule has 0 amide bonds. The monoisotopic (exact) mass is 341 g/mol. The van der Waals surface area contributed by atoms with Gasteiger partial charge in [-0.2, -0.15) is 0 Å². The van der Waals surface area contributed by atoms with Crippen LogP contribution in [-0.4, -0.2) is 0 Å². The van der Waals surface area contributed by atoms with E-state index in [-0.39, 0.29) is 12.0 Å². The molecule has 1 atom stereocenters. The van der Waals surface area contributed by atoms with E-state index >= 15 is 0 Å². The maximum Gasteiger partial charge on any atom is 0.135 e. The summed E-state index contributed by atoms with van der Waals surface area (Å²) < 4.78 is 6.49. The normalized spacial score (nSPS) is 12.5. The fourth-order valence-corrected chi connectivity index (χ4v) is 3.09. The van der Waals surface area contributed by atoms with E-state index in [2.05, 4.69) is 40.2 Å². The lowest BCUT2D eigenvalue weighted by Crippen LogP contribution is -2.20. The molecule has 3 rings (SSSR count). The molecule has 2 N–H and O–H groups in total. The van der Waals surface area contributed by atoms with Crippen LogP contribution in [0.4, 0.5) is 0 Å². The van der Waals surface area contributed by atoms with Gasteiger partial charge in [0.1, 0.15) is 5.76 Å². The van der Waals surface area contributed by atoms with E-state index in [1.165, 1.54) is 11.1 Å². The summed E-state index contributed by atoms with van der Waals surface area (Å²) in [6.45, 7) is 0. The molecular formula is C18H16BrNO. The van der Waals surface area contributed by atoms with Gasteiger partial charge in [0.2, 0.25) is 0 Å². The third-order valence-electron chi connectivity index (χ3n) is 3.62. The lowest BCUT2D eigenvalue weighted by molar-refractivity contribution is 0.442. The third-order valence-corrected chi connectivity index (χ3v) is 4.28. The van der Waals surface area contributed by atoms with Crippen LogP contribution in [0.25, 0.3) is 0 Å². The lowest BCUT2D eigenvalue weighted by Gasteiger charge is -2.24. The van der Waals surface area contributed by atoms with Crippen molar-refractivity contribution in [1.82, 2.24) is 0 Å². The van der Waals surface area contributed by atoms with Gasteiger partial charge in [0, 0.05) is 5.92 Å². The van der Waals surface area contributed by atoms with Crippen LogP contribution in [0.5, 0.6) is 0 Å². The smallest absolute Gasteiger partial charge is 0.135 e. The van der Waals surface area contributed by atoms with Gasteiger partial charge >= 0.3 is 0 Å². The second kappa shape index (κ2) is 6.29. The first-order valence-corrected chi connectivity index (χ1v) is 7.65. The fourth-order valence-electron chi connectivity index (χ4n) is 2.62. The van der Waals surface area contributed by atoms with Crippen molar-refractivity contribution in [3.8, 4) is 0 Å². The first kappa shape index (κ1) is 14.1. The molecule has 0 radical (unpaired) electrons. The second-order valence-corrected chi connectivity index (χ2v) is 5.81. The van der Waals surface area contributed by atoms with Crippen LogP contribution < -0.4 is 5.73 Å². The van der Waals surface area contributed by atoms with Crippen molar-refractivity contribution in [2.45, 2.75) is 12.0 Å². The quantitative estimate of drug-likeness (QED) is 0.734. The highest BCUT2D eigenvalue weighted by Gasteiger charge is 2.26. The maximum atomic E-state index is 6.52. The molecule has 1 heterocycles. The Morgan fingerprint density at radius 2 is 1.33 bits per heavy atom. The van der Waals surface area contributed by atoms with Gasteiger partial charge in [0.15, 0.2) is 0 Å². The number of nitrogens with two attached hydrogens (primary N) is 1. The SMILES string of the molecule is NC(c1occc1Br)C(c1ccccc1)c1ccccc1. The number of hydrogen-bond donors (Lipinski definition) is 1. The van der Waals surface area contributed by atoms with E-state index in [4.69, 9.17) is 10.2 Å². The first-order chi connectivity index (χ1) is 10.3. The van der Waals surface area contributed by atoms with Crippen molar-refractivity contribution >= 4 is 15.9 Å². The summed E-state index contributed by atoms with van der Waals surface area (Å²) in [6, 6.07) is 22.2. The fraction of sp³-hybridized carbons (Fsp3) is 0.111. The number of hydrogen-bond acceptors (Lipinski definition) is 2. The Labute approximate surface area is 132 Å². The van der Waals surface area contributed by atoms with E-state index in [0.717, 1.165) is 10.2 Å². The van der Waals surface area contributed by atoms with Crippen LogP contribution in [0.3, 0.4) is 0 Å². The maximum absolute atomic E-state index is 6.52. The molecule has 0 aliphatic carbocycles. The molecule has 3 aromatic rings. The molecule has 106 valence electrons. The van der Waals surface area contributed by atoms with Crippen molar-refractivity contribution in [3.63, 3.8) is 0 Å². The van der Waals surface area contributed by atoms with Gasteiger partial charge < -0.3 is 10.2 Å². The van der Waals surface area contributed by atoms with Crippen LogP contribution in [0.15, 0.2) is 81.9 Å². The Hall–Kier alpha value is -1.84.